The normalized spacial score (nSPS) is 12.4. The van der Waals surface area contributed by atoms with E-state index in [1.807, 2.05) is 24.3 Å². The van der Waals surface area contributed by atoms with Gasteiger partial charge in [0.1, 0.15) is 6.04 Å². The smallest absolute Gasteiger partial charge is 0.320 e. The molecule has 0 amide bonds. The molecule has 0 fully saturated rings. The van der Waals surface area contributed by atoms with Crippen LogP contribution in [0.15, 0.2) is 28.7 Å². The zero-order valence-corrected chi connectivity index (χ0v) is 11.1. The molecule has 0 aliphatic rings. The molecular formula is C11H14BrNO2S. The van der Waals surface area contributed by atoms with Gasteiger partial charge < -0.3 is 10.8 Å². The fourth-order valence-corrected chi connectivity index (χ4v) is 2.36. The van der Waals surface area contributed by atoms with E-state index in [9.17, 15) is 4.79 Å². The standard InChI is InChI=1S/C11H14BrNO2S/c12-9-3-1-8(2-4-9)7-16-6-5-10(13)11(14)15/h1-4,10H,5-7,13H2,(H,14,15). The van der Waals surface area contributed by atoms with Gasteiger partial charge in [0.25, 0.3) is 0 Å². The molecule has 16 heavy (non-hydrogen) atoms. The molecule has 0 spiro atoms. The summed E-state index contributed by atoms with van der Waals surface area (Å²) in [4.78, 5) is 10.5. The van der Waals surface area contributed by atoms with Crippen LogP contribution < -0.4 is 5.73 Å². The maximum Gasteiger partial charge on any atom is 0.320 e. The lowest BCUT2D eigenvalue weighted by Gasteiger charge is -2.05. The van der Waals surface area contributed by atoms with Gasteiger partial charge >= 0.3 is 5.97 Å². The van der Waals surface area contributed by atoms with Crippen LogP contribution in [-0.4, -0.2) is 22.9 Å². The highest BCUT2D eigenvalue weighted by Crippen LogP contribution is 2.16. The second kappa shape index (κ2) is 6.93. The number of carbonyl (C=O) groups is 1. The van der Waals surface area contributed by atoms with Gasteiger partial charge in [-0.25, -0.2) is 0 Å². The van der Waals surface area contributed by atoms with Crippen LogP contribution >= 0.6 is 27.7 Å². The largest absolute Gasteiger partial charge is 0.480 e. The molecule has 0 saturated carbocycles. The van der Waals surface area contributed by atoms with Crippen LogP contribution in [0.3, 0.4) is 0 Å². The summed E-state index contributed by atoms with van der Waals surface area (Å²) < 4.78 is 1.06. The molecule has 1 atom stereocenters. The van der Waals surface area contributed by atoms with Gasteiger partial charge in [-0.15, -0.1) is 0 Å². The first-order valence-corrected chi connectivity index (χ1v) is 6.85. The van der Waals surface area contributed by atoms with Gasteiger partial charge in [0, 0.05) is 10.2 Å². The summed E-state index contributed by atoms with van der Waals surface area (Å²) in [5.41, 5.74) is 6.63. The number of halogens is 1. The van der Waals surface area contributed by atoms with Crippen LogP contribution in [0.25, 0.3) is 0 Å². The first-order chi connectivity index (χ1) is 7.59. The number of hydrogen-bond acceptors (Lipinski definition) is 3. The number of thioether (sulfide) groups is 1. The van der Waals surface area contributed by atoms with E-state index in [-0.39, 0.29) is 0 Å². The molecule has 0 aliphatic heterocycles. The van der Waals surface area contributed by atoms with Crippen LogP contribution in [0, 0.1) is 0 Å². The zero-order valence-electron chi connectivity index (χ0n) is 8.73. The van der Waals surface area contributed by atoms with Crippen LogP contribution in [0.2, 0.25) is 0 Å². The monoisotopic (exact) mass is 303 g/mol. The lowest BCUT2D eigenvalue weighted by molar-refractivity contribution is -0.138. The van der Waals surface area contributed by atoms with Crippen molar-refractivity contribution in [3.63, 3.8) is 0 Å². The topological polar surface area (TPSA) is 63.3 Å². The number of carboxylic acids is 1. The Morgan fingerprint density at radius 3 is 2.62 bits per heavy atom. The van der Waals surface area contributed by atoms with Crippen LogP contribution in [-0.2, 0) is 10.5 Å². The molecule has 0 radical (unpaired) electrons. The van der Waals surface area contributed by atoms with Crippen LogP contribution in [0.4, 0.5) is 0 Å². The average molecular weight is 304 g/mol. The summed E-state index contributed by atoms with van der Waals surface area (Å²) in [6.45, 7) is 0. The third kappa shape index (κ3) is 5.01. The molecule has 1 aromatic rings. The Labute approximate surface area is 108 Å². The fraction of sp³-hybridized carbons (Fsp3) is 0.364. The molecule has 0 heterocycles. The summed E-state index contributed by atoms with van der Waals surface area (Å²) in [7, 11) is 0. The van der Waals surface area contributed by atoms with E-state index in [1.165, 1.54) is 5.56 Å². The lowest BCUT2D eigenvalue weighted by Crippen LogP contribution is -2.30. The van der Waals surface area contributed by atoms with E-state index in [1.54, 1.807) is 11.8 Å². The molecule has 1 rings (SSSR count). The SMILES string of the molecule is NC(CCSCc1ccc(Br)cc1)C(=O)O. The minimum atomic E-state index is -0.927. The highest BCUT2D eigenvalue weighted by atomic mass is 79.9. The molecule has 0 bridgehead atoms. The van der Waals surface area contributed by atoms with Crippen molar-refractivity contribution in [3.8, 4) is 0 Å². The fourth-order valence-electron chi connectivity index (χ4n) is 1.10. The Balaban J connectivity index is 2.21. The average Bonchev–Trinajstić information content (AvgIpc) is 2.26. The van der Waals surface area contributed by atoms with Crippen molar-refractivity contribution in [2.24, 2.45) is 5.73 Å². The van der Waals surface area contributed by atoms with E-state index in [0.717, 1.165) is 16.0 Å². The summed E-state index contributed by atoms with van der Waals surface area (Å²) in [6, 6.07) is 7.36. The quantitative estimate of drug-likeness (QED) is 0.793. The molecular weight excluding hydrogens is 290 g/mol. The minimum absolute atomic E-state index is 0.510. The van der Waals surface area contributed by atoms with Gasteiger partial charge in [-0.3, -0.25) is 4.79 Å². The first kappa shape index (κ1) is 13.5. The highest BCUT2D eigenvalue weighted by molar-refractivity contribution is 9.10. The summed E-state index contributed by atoms with van der Waals surface area (Å²) in [6.07, 6.45) is 0.510. The Morgan fingerprint density at radius 1 is 1.44 bits per heavy atom. The number of benzene rings is 1. The second-order valence-corrected chi connectivity index (χ2v) is 5.43. The van der Waals surface area contributed by atoms with Gasteiger partial charge in [0.05, 0.1) is 0 Å². The van der Waals surface area contributed by atoms with Crippen LogP contribution in [0.5, 0.6) is 0 Å². The maximum atomic E-state index is 10.5. The summed E-state index contributed by atoms with van der Waals surface area (Å²) in [5.74, 6) is 0.729. The third-order valence-electron chi connectivity index (χ3n) is 2.07. The van der Waals surface area contributed by atoms with Crippen molar-refractivity contribution in [2.75, 3.05) is 5.75 Å². The second-order valence-electron chi connectivity index (χ2n) is 3.41. The van der Waals surface area contributed by atoms with Crippen LogP contribution in [0.1, 0.15) is 12.0 Å². The van der Waals surface area contributed by atoms with Crippen molar-refractivity contribution in [1.29, 1.82) is 0 Å². The number of nitrogens with two attached hydrogens (primary N) is 1. The maximum absolute atomic E-state index is 10.5. The van der Waals surface area contributed by atoms with Crippen molar-refractivity contribution >= 4 is 33.7 Å². The molecule has 5 heteroatoms. The molecule has 3 nitrogen and oxygen atoms in total. The van der Waals surface area contributed by atoms with Gasteiger partial charge in [-0.1, -0.05) is 28.1 Å². The Bertz CT molecular complexity index is 342. The molecule has 3 N–H and O–H groups in total. The number of carboxylic acid groups (broad SMARTS) is 1. The molecule has 1 aromatic carbocycles. The van der Waals surface area contributed by atoms with Crippen molar-refractivity contribution < 1.29 is 9.90 Å². The van der Waals surface area contributed by atoms with Crippen molar-refractivity contribution in [3.05, 3.63) is 34.3 Å². The summed E-state index contributed by atoms with van der Waals surface area (Å²) in [5, 5.41) is 8.59. The highest BCUT2D eigenvalue weighted by Gasteiger charge is 2.10. The third-order valence-corrected chi connectivity index (χ3v) is 3.66. The molecule has 1 unspecified atom stereocenters. The number of hydrogen-bond donors (Lipinski definition) is 2. The minimum Gasteiger partial charge on any atom is -0.480 e. The van der Waals surface area contributed by atoms with E-state index in [4.69, 9.17) is 10.8 Å². The number of aliphatic carboxylic acids is 1. The van der Waals surface area contributed by atoms with Crippen molar-refractivity contribution in [2.45, 2.75) is 18.2 Å². The van der Waals surface area contributed by atoms with E-state index in [0.29, 0.717) is 6.42 Å². The van der Waals surface area contributed by atoms with Crippen molar-refractivity contribution in [1.82, 2.24) is 0 Å². The van der Waals surface area contributed by atoms with E-state index >= 15 is 0 Å². The van der Waals surface area contributed by atoms with Gasteiger partial charge in [0.15, 0.2) is 0 Å². The number of rotatable bonds is 6. The molecule has 0 aromatic heterocycles. The Morgan fingerprint density at radius 2 is 2.06 bits per heavy atom. The first-order valence-electron chi connectivity index (χ1n) is 4.90. The van der Waals surface area contributed by atoms with E-state index in [2.05, 4.69) is 15.9 Å². The molecule has 0 aliphatic carbocycles. The Hall–Kier alpha value is -0.520. The molecule has 88 valence electrons. The lowest BCUT2D eigenvalue weighted by atomic mass is 10.2. The van der Waals surface area contributed by atoms with Gasteiger partial charge in [-0.2, -0.15) is 11.8 Å². The van der Waals surface area contributed by atoms with Gasteiger partial charge in [0.2, 0.25) is 0 Å². The zero-order chi connectivity index (χ0) is 12.0. The Kier molecular flexibility index (Phi) is 5.87. The predicted molar refractivity (Wildman–Crippen MR) is 70.5 cm³/mol. The van der Waals surface area contributed by atoms with Gasteiger partial charge in [-0.05, 0) is 29.9 Å². The molecule has 0 saturated heterocycles. The summed E-state index contributed by atoms with van der Waals surface area (Å²) >= 11 is 5.07. The predicted octanol–water partition coefficient (Wildman–Crippen LogP) is 2.48. The van der Waals surface area contributed by atoms with E-state index < -0.39 is 12.0 Å².